The SMILES string of the molecule is CCOc1cc(C(O)c2ccc3c(c2)nnn3C)ccc1OC. The molecule has 0 saturated heterocycles. The average molecular weight is 313 g/mol. The van der Waals surface area contributed by atoms with Gasteiger partial charge in [0.05, 0.1) is 19.2 Å². The van der Waals surface area contributed by atoms with Gasteiger partial charge in [-0.15, -0.1) is 5.10 Å². The molecule has 6 heteroatoms. The largest absolute Gasteiger partial charge is 0.493 e. The molecule has 3 aromatic rings. The lowest BCUT2D eigenvalue weighted by Crippen LogP contribution is -2.02. The number of aryl methyl sites for hydroxylation is 1. The van der Waals surface area contributed by atoms with Crippen molar-refractivity contribution in [2.24, 2.45) is 7.05 Å². The monoisotopic (exact) mass is 313 g/mol. The molecule has 0 amide bonds. The van der Waals surface area contributed by atoms with Crippen molar-refractivity contribution in [1.29, 1.82) is 0 Å². The molecule has 0 saturated carbocycles. The van der Waals surface area contributed by atoms with E-state index >= 15 is 0 Å². The van der Waals surface area contributed by atoms with Crippen LogP contribution in [0.15, 0.2) is 36.4 Å². The van der Waals surface area contributed by atoms with Crippen molar-refractivity contribution in [2.75, 3.05) is 13.7 Å². The molecule has 1 heterocycles. The summed E-state index contributed by atoms with van der Waals surface area (Å²) < 4.78 is 12.5. The van der Waals surface area contributed by atoms with Crippen molar-refractivity contribution in [3.8, 4) is 11.5 Å². The van der Waals surface area contributed by atoms with Crippen LogP contribution in [0.2, 0.25) is 0 Å². The van der Waals surface area contributed by atoms with E-state index in [1.54, 1.807) is 23.9 Å². The maximum absolute atomic E-state index is 10.7. The molecule has 0 spiro atoms. The normalized spacial score (nSPS) is 12.3. The molecule has 0 aliphatic heterocycles. The van der Waals surface area contributed by atoms with Gasteiger partial charge in [0.1, 0.15) is 11.6 Å². The van der Waals surface area contributed by atoms with Gasteiger partial charge in [0, 0.05) is 7.05 Å². The number of benzene rings is 2. The van der Waals surface area contributed by atoms with Crippen LogP contribution in [0.5, 0.6) is 11.5 Å². The summed E-state index contributed by atoms with van der Waals surface area (Å²) in [6.07, 6.45) is -0.772. The van der Waals surface area contributed by atoms with Crippen molar-refractivity contribution in [2.45, 2.75) is 13.0 Å². The zero-order chi connectivity index (χ0) is 16.4. The number of hydrogen-bond donors (Lipinski definition) is 1. The fourth-order valence-electron chi connectivity index (χ4n) is 2.55. The number of ether oxygens (including phenoxy) is 2. The van der Waals surface area contributed by atoms with Gasteiger partial charge in [0.25, 0.3) is 0 Å². The minimum atomic E-state index is -0.772. The third-order valence-electron chi connectivity index (χ3n) is 3.75. The van der Waals surface area contributed by atoms with Crippen LogP contribution in [0, 0.1) is 0 Å². The molecular formula is C17H19N3O3. The van der Waals surface area contributed by atoms with Gasteiger partial charge < -0.3 is 14.6 Å². The summed E-state index contributed by atoms with van der Waals surface area (Å²) in [5.41, 5.74) is 3.16. The maximum Gasteiger partial charge on any atom is 0.161 e. The second kappa shape index (κ2) is 6.26. The summed E-state index contributed by atoms with van der Waals surface area (Å²) in [4.78, 5) is 0. The number of aromatic nitrogens is 3. The molecule has 0 bridgehead atoms. The average Bonchev–Trinajstić information content (AvgIpc) is 2.95. The number of aliphatic hydroxyl groups is 1. The highest BCUT2D eigenvalue weighted by molar-refractivity contribution is 5.75. The smallest absolute Gasteiger partial charge is 0.161 e. The topological polar surface area (TPSA) is 69.4 Å². The van der Waals surface area contributed by atoms with Gasteiger partial charge in [0.2, 0.25) is 0 Å². The fraction of sp³-hybridized carbons (Fsp3) is 0.294. The first-order chi connectivity index (χ1) is 11.1. The highest BCUT2D eigenvalue weighted by atomic mass is 16.5. The molecule has 0 fully saturated rings. The fourth-order valence-corrected chi connectivity index (χ4v) is 2.55. The van der Waals surface area contributed by atoms with E-state index in [9.17, 15) is 5.11 Å². The van der Waals surface area contributed by atoms with E-state index in [-0.39, 0.29) is 0 Å². The van der Waals surface area contributed by atoms with Crippen LogP contribution >= 0.6 is 0 Å². The van der Waals surface area contributed by atoms with Crippen LogP contribution in [-0.4, -0.2) is 33.8 Å². The lowest BCUT2D eigenvalue weighted by molar-refractivity contribution is 0.219. The maximum atomic E-state index is 10.7. The summed E-state index contributed by atoms with van der Waals surface area (Å²) in [6, 6.07) is 11.0. The number of nitrogens with zero attached hydrogens (tertiary/aromatic N) is 3. The minimum absolute atomic E-state index is 0.529. The Bertz CT molecular complexity index is 829. The van der Waals surface area contributed by atoms with Crippen LogP contribution in [0.25, 0.3) is 11.0 Å². The molecule has 1 N–H and O–H groups in total. The van der Waals surface area contributed by atoms with Crippen LogP contribution in [0.4, 0.5) is 0 Å². The third kappa shape index (κ3) is 2.85. The Balaban J connectivity index is 1.97. The summed E-state index contributed by atoms with van der Waals surface area (Å²) in [6.45, 7) is 2.44. The second-order valence-corrected chi connectivity index (χ2v) is 5.21. The van der Waals surface area contributed by atoms with E-state index in [4.69, 9.17) is 9.47 Å². The predicted molar refractivity (Wildman–Crippen MR) is 86.7 cm³/mol. The molecule has 1 atom stereocenters. The van der Waals surface area contributed by atoms with Gasteiger partial charge in [-0.3, -0.25) is 0 Å². The lowest BCUT2D eigenvalue weighted by Gasteiger charge is -2.15. The molecule has 0 radical (unpaired) electrons. The Kier molecular flexibility index (Phi) is 4.16. The lowest BCUT2D eigenvalue weighted by atomic mass is 10.0. The molecule has 2 aromatic carbocycles. The zero-order valence-electron chi connectivity index (χ0n) is 13.4. The number of rotatable bonds is 5. The Morgan fingerprint density at radius 2 is 1.87 bits per heavy atom. The van der Waals surface area contributed by atoms with Gasteiger partial charge in [-0.25, -0.2) is 4.68 Å². The third-order valence-corrected chi connectivity index (χ3v) is 3.75. The van der Waals surface area contributed by atoms with Crippen molar-refractivity contribution >= 4 is 11.0 Å². The first-order valence-corrected chi connectivity index (χ1v) is 7.42. The van der Waals surface area contributed by atoms with Gasteiger partial charge in [-0.1, -0.05) is 17.3 Å². The van der Waals surface area contributed by atoms with Gasteiger partial charge in [0.15, 0.2) is 11.5 Å². The second-order valence-electron chi connectivity index (χ2n) is 5.21. The van der Waals surface area contributed by atoms with E-state index in [1.807, 2.05) is 38.2 Å². The van der Waals surface area contributed by atoms with Crippen molar-refractivity contribution < 1.29 is 14.6 Å². The first-order valence-electron chi connectivity index (χ1n) is 7.42. The quantitative estimate of drug-likeness (QED) is 0.783. The van der Waals surface area contributed by atoms with Crippen LogP contribution in [0.1, 0.15) is 24.2 Å². The Morgan fingerprint density at radius 3 is 2.61 bits per heavy atom. The predicted octanol–water partition coefficient (Wildman–Crippen LogP) is 2.46. The number of hydrogen-bond acceptors (Lipinski definition) is 5. The van der Waals surface area contributed by atoms with E-state index in [0.29, 0.717) is 18.1 Å². The van der Waals surface area contributed by atoms with Crippen LogP contribution in [0.3, 0.4) is 0 Å². The molecule has 1 aromatic heterocycles. The zero-order valence-corrected chi connectivity index (χ0v) is 13.4. The van der Waals surface area contributed by atoms with Crippen LogP contribution in [-0.2, 0) is 7.05 Å². The molecule has 6 nitrogen and oxygen atoms in total. The Labute approximate surface area is 134 Å². The Morgan fingerprint density at radius 1 is 1.13 bits per heavy atom. The number of fused-ring (bicyclic) bond motifs is 1. The van der Waals surface area contributed by atoms with E-state index in [2.05, 4.69) is 10.3 Å². The molecule has 1 unspecified atom stereocenters. The summed E-state index contributed by atoms with van der Waals surface area (Å²) in [7, 11) is 3.43. The van der Waals surface area contributed by atoms with Crippen molar-refractivity contribution in [3.05, 3.63) is 47.5 Å². The highest BCUT2D eigenvalue weighted by Gasteiger charge is 2.15. The summed E-state index contributed by atoms with van der Waals surface area (Å²) >= 11 is 0. The highest BCUT2D eigenvalue weighted by Crippen LogP contribution is 2.33. The summed E-state index contributed by atoms with van der Waals surface area (Å²) in [5, 5.41) is 18.7. The van der Waals surface area contributed by atoms with Gasteiger partial charge in [-0.2, -0.15) is 0 Å². The summed E-state index contributed by atoms with van der Waals surface area (Å²) in [5.74, 6) is 1.26. The molecule has 3 rings (SSSR count). The van der Waals surface area contributed by atoms with Gasteiger partial charge in [-0.05, 0) is 42.3 Å². The van der Waals surface area contributed by atoms with Crippen molar-refractivity contribution in [3.63, 3.8) is 0 Å². The Hall–Kier alpha value is -2.60. The molecular weight excluding hydrogens is 294 g/mol. The van der Waals surface area contributed by atoms with Gasteiger partial charge >= 0.3 is 0 Å². The number of methoxy groups -OCH3 is 1. The van der Waals surface area contributed by atoms with E-state index in [1.165, 1.54) is 0 Å². The standard InChI is InChI=1S/C17H19N3O3/c1-4-23-16-10-12(6-8-15(16)22-3)17(21)11-5-7-14-13(9-11)18-19-20(14)2/h5-10,17,21H,4H2,1-3H3. The first kappa shape index (κ1) is 15.3. The van der Waals surface area contributed by atoms with Crippen LogP contribution < -0.4 is 9.47 Å². The minimum Gasteiger partial charge on any atom is -0.493 e. The number of aliphatic hydroxyl groups excluding tert-OH is 1. The molecule has 0 aliphatic rings. The molecule has 0 aliphatic carbocycles. The molecule has 120 valence electrons. The van der Waals surface area contributed by atoms with E-state index in [0.717, 1.165) is 22.2 Å². The van der Waals surface area contributed by atoms with Crippen molar-refractivity contribution in [1.82, 2.24) is 15.0 Å². The molecule has 23 heavy (non-hydrogen) atoms. The van der Waals surface area contributed by atoms with E-state index < -0.39 is 6.10 Å².